The van der Waals surface area contributed by atoms with Crippen molar-refractivity contribution in [3.8, 4) is 0 Å². The van der Waals surface area contributed by atoms with Crippen LogP contribution in [0.4, 0.5) is 0 Å². The van der Waals surface area contributed by atoms with Crippen LogP contribution < -0.4 is 0 Å². The van der Waals surface area contributed by atoms with Crippen LogP contribution in [0.5, 0.6) is 0 Å². The van der Waals surface area contributed by atoms with E-state index in [0.29, 0.717) is 6.54 Å². The van der Waals surface area contributed by atoms with Gasteiger partial charge in [-0.1, -0.05) is 6.07 Å². The lowest BCUT2D eigenvalue weighted by atomic mass is 10.1. The normalized spacial score (nSPS) is 19.3. The average Bonchev–Trinajstić information content (AvgIpc) is 3.11. The van der Waals surface area contributed by atoms with Crippen LogP contribution in [0, 0.1) is 6.92 Å². The molecule has 0 saturated carbocycles. The first kappa shape index (κ1) is 16.8. The third-order valence-corrected chi connectivity index (χ3v) is 5.61. The number of likely N-dealkylation sites (N-methyl/N-ethyl adjacent to an activating group) is 1. The Balaban J connectivity index is 1.75. The average molecular weight is 343 g/mol. The molecular formula is C18H21N3O2S. The number of rotatable bonds is 5. The highest BCUT2D eigenvalue weighted by Crippen LogP contribution is 2.29. The lowest BCUT2D eigenvalue weighted by Crippen LogP contribution is -2.40. The van der Waals surface area contributed by atoms with Crippen LogP contribution >= 0.6 is 11.3 Å². The van der Waals surface area contributed by atoms with E-state index < -0.39 is 6.04 Å². The summed E-state index contributed by atoms with van der Waals surface area (Å²) in [6, 6.07) is 5.11. The summed E-state index contributed by atoms with van der Waals surface area (Å²) in [7, 11) is 1.91. The van der Waals surface area contributed by atoms with Crippen molar-refractivity contribution in [2.75, 3.05) is 7.05 Å². The van der Waals surface area contributed by atoms with Crippen molar-refractivity contribution in [1.29, 1.82) is 0 Å². The number of thiophene rings is 1. The molecule has 1 aliphatic heterocycles. The fourth-order valence-corrected chi connectivity index (χ4v) is 4.03. The minimum Gasteiger partial charge on any atom is -0.289 e. The number of pyridine rings is 1. The SMILES string of the molecule is Cc1ccsc1CN(C)[C@H]1CC(=O)N([C@@H](C)c2cccnc2)C1=O. The summed E-state index contributed by atoms with van der Waals surface area (Å²) in [4.78, 5) is 34.0. The monoisotopic (exact) mass is 343 g/mol. The number of imide groups is 1. The van der Waals surface area contributed by atoms with Gasteiger partial charge < -0.3 is 0 Å². The fraction of sp³-hybridized carbons (Fsp3) is 0.389. The van der Waals surface area contributed by atoms with Gasteiger partial charge in [-0.2, -0.15) is 0 Å². The highest BCUT2D eigenvalue weighted by Gasteiger charge is 2.43. The summed E-state index contributed by atoms with van der Waals surface area (Å²) in [6.45, 7) is 4.62. The van der Waals surface area contributed by atoms with Crippen molar-refractivity contribution in [2.45, 2.75) is 38.9 Å². The van der Waals surface area contributed by atoms with Crippen LogP contribution in [0.25, 0.3) is 0 Å². The second-order valence-electron chi connectivity index (χ2n) is 6.23. The molecule has 0 aromatic carbocycles. The first-order chi connectivity index (χ1) is 11.5. The van der Waals surface area contributed by atoms with Gasteiger partial charge in [0.2, 0.25) is 11.8 Å². The van der Waals surface area contributed by atoms with Gasteiger partial charge in [-0.15, -0.1) is 11.3 Å². The molecule has 3 heterocycles. The van der Waals surface area contributed by atoms with Gasteiger partial charge in [0.15, 0.2) is 0 Å². The molecule has 1 saturated heterocycles. The van der Waals surface area contributed by atoms with E-state index >= 15 is 0 Å². The molecule has 2 atom stereocenters. The van der Waals surface area contributed by atoms with Crippen molar-refractivity contribution < 1.29 is 9.59 Å². The Bertz CT molecular complexity index is 744. The van der Waals surface area contributed by atoms with Crippen molar-refractivity contribution in [2.24, 2.45) is 0 Å². The van der Waals surface area contributed by atoms with E-state index in [0.717, 1.165) is 5.56 Å². The van der Waals surface area contributed by atoms with Crippen LogP contribution in [0.1, 0.15) is 35.4 Å². The Morgan fingerprint density at radius 1 is 1.42 bits per heavy atom. The van der Waals surface area contributed by atoms with E-state index in [9.17, 15) is 9.59 Å². The summed E-state index contributed by atoms with van der Waals surface area (Å²) < 4.78 is 0. The van der Waals surface area contributed by atoms with E-state index in [1.165, 1.54) is 15.3 Å². The topological polar surface area (TPSA) is 53.5 Å². The van der Waals surface area contributed by atoms with E-state index in [-0.39, 0.29) is 24.3 Å². The van der Waals surface area contributed by atoms with E-state index in [4.69, 9.17) is 0 Å². The Hall–Kier alpha value is -2.05. The molecule has 1 fully saturated rings. The Labute approximate surface area is 145 Å². The minimum absolute atomic E-state index is 0.115. The lowest BCUT2D eigenvalue weighted by Gasteiger charge is -2.26. The van der Waals surface area contributed by atoms with E-state index in [1.54, 1.807) is 23.7 Å². The molecular weight excluding hydrogens is 322 g/mol. The van der Waals surface area contributed by atoms with Gasteiger partial charge in [0.1, 0.15) is 0 Å². The largest absolute Gasteiger partial charge is 0.289 e. The first-order valence-electron chi connectivity index (χ1n) is 7.98. The van der Waals surface area contributed by atoms with Gasteiger partial charge in [0, 0.05) is 23.8 Å². The highest BCUT2D eigenvalue weighted by molar-refractivity contribution is 7.10. The molecule has 2 aromatic rings. The number of carbonyl (C=O) groups excluding carboxylic acids is 2. The molecule has 0 aliphatic carbocycles. The number of hydrogen-bond acceptors (Lipinski definition) is 5. The second kappa shape index (κ2) is 6.83. The summed E-state index contributed by atoms with van der Waals surface area (Å²) >= 11 is 1.68. The third kappa shape index (κ3) is 3.12. The number of likely N-dealkylation sites (tertiary alicyclic amines) is 1. The van der Waals surface area contributed by atoms with Crippen molar-refractivity contribution >= 4 is 23.2 Å². The summed E-state index contributed by atoms with van der Waals surface area (Å²) in [6.07, 6.45) is 3.63. The number of carbonyl (C=O) groups is 2. The first-order valence-corrected chi connectivity index (χ1v) is 8.86. The Morgan fingerprint density at radius 2 is 2.21 bits per heavy atom. The van der Waals surface area contributed by atoms with Gasteiger partial charge in [-0.05, 0) is 49.5 Å². The molecule has 0 bridgehead atoms. The molecule has 0 unspecified atom stereocenters. The molecule has 2 amide bonds. The molecule has 2 aromatic heterocycles. The molecule has 0 N–H and O–H groups in total. The Kier molecular flexibility index (Phi) is 4.78. The molecule has 126 valence electrons. The predicted molar refractivity (Wildman–Crippen MR) is 93.4 cm³/mol. The van der Waals surface area contributed by atoms with Gasteiger partial charge in [0.05, 0.1) is 18.5 Å². The summed E-state index contributed by atoms with van der Waals surface area (Å²) in [5.74, 6) is -0.232. The number of nitrogens with zero attached hydrogens (tertiary/aromatic N) is 3. The maximum absolute atomic E-state index is 12.8. The molecule has 1 aliphatic rings. The maximum atomic E-state index is 12.8. The lowest BCUT2D eigenvalue weighted by molar-refractivity contribution is -0.142. The second-order valence-corrected chi connectivity index (χ2v) is 7.23. The number of aryl methyl sites for hydroxylation is 1. The fourth-order valence-electron chi connectivity index (χ4n) is 3.06. The van der Waals surface area contributed by atoms with Gasteiger partial charge in [-0.3, -0.25) is 24.4 Å². The van der Waals surface area contributed by atoms with Crippen LogP contribution in [0.2, 0.25) is 0 Å². The zero-order valence-corrected chi connectivity index (χ0v) is 14.9. The number of aromatic nitrogens is 1. The van der Waals surface area contributed by atoms with Crippen LogP contribution in [-0.4, -0.2) is 39.7 Å². The van der Waals surface area contributed by atoms with Crippen molar-refractivity contribution in [1.82, 2.24) is 14.8 Å². The molecule has 6 heteroatoms. The number of amides is 2. The minimum atomic E-state index is -0.391. The van der Waals surface area contributed by atoms with Gasteiger partial charge in [-0.25, -0.2) is 0 Å². The zero-order valence-electron chi connectivity index (χ0n) is 14.1. The molecule has 5 nitrogen and oxygen atoms in total. The molecule has 0 spiro atoms. The van der Waals surface area contributed by atoms with Gasteiger partial charge in [0.25, 0.3) is 0 Å². The maximum Gasteiger partial charge on any atom is 0.247 e. The summed E-state index contributed by atoms with van der Waals surface area (Å²) in [5.41, 5.74) is 2.10. The van der Waals surface area contributed by atoms with Crippen molar-refractivity contribution in [3.05, 3.63) is 52.0 Å². The smallest absolute Gasteiger partial charge is 0.247 e. The molecule has 0 radical (unpaired) electrons. The number of hydrogen-bond donors (Lipinski definition) is 0. The quantitative estimate of drug-likeness (QED) is 0.784. The standard InChI is InChI=1S/C18H21N3O2S/c1-12-6-8-24-16(12)11-20(3)15-9-17(22)21(18(15)23)13(2)14-5-4-7-19-10-14/h4-8,10,13,15H,9,11H2,1-3H3/t13-,15-/m0/s1. The third-order valence-electron chi connectivity index (χ3n) is 4.61. The Morgan fingerprint density at radius 3 is 2.83 bits per heavy atom. The van der Waals surface area contributed by atoms with E-state index in [1.807, 2.05) is 31.0 Å². The zero-order chi connectivity index (χ0) is 17.3. The van der Waals surface area contributed by atoms with Crippen LogP contribution in [0.3, 0.4) is 0 Å². The van der Waals surface area contributed by atoms with Gasteiger partial charge >= 0.3 is 0 Å². The molecule has 24 heavy (non-hydrogen) atoms. The molecule has 3 rings (SSSR count). The summed E-state index contributed by atoms with van der Waals surface area (Å²) in [5, 5.41) is 2.05. The van der Waals surface area contributed by atoms with Crippen LogP contribution in [0.15, 0.2) is 36.0 Å². The van der Waals surface area contributed by atoms with Crippen LogP contribution in [-0.2, 0) is 16.1 Å². The van der Waals surface area contributed by atoms with Crippen molar-refractivity contribution in [3.63, 3.8) is 0 Å². The highest BCUT2D eigenvalue weighted by atomic mass is 32.1. The predicted octanol–water partition coefficient (Wildman–Crippen LogP) is 2.77. The van der Waals surface area contributed by atoms with E-state index in [2.05, 4.69) is 23.4 Å².